The molecule has 16 nitrogen and oxygen atoms in total. The number of carbonyl (C=O) groups is 3. The largest absolute Gasteiger partial charge is 0.421 e. The molecule has 1 saturated heterocycles. The van der Waals surface area contributed by atoms with Gasteiger partial charge < -0.3 is 55.8 Å². The van der Waals surface area contributed by atoms with E-state index in [1.807, 2.05) is 0 Å². The Kier molecular flexibility index (Phi) is 9.79. The summed E-state index contributed by atoms with van der Waals surface area (Å²) in [5, 5.41) is 94.1. The first kappa shape index (κ1) is 27.2. The van der Waals surface area contributed by atoms with Crippen molar-refractivity contribution in [3.05, 3.63) is 0 Å². The van der Waals surface area contributed by atoms with Crippen LogP contribution < -0.4 is 0 Å². The van der Waals surface area contributed by atoms with Crippen molar-refractivity contribution in [3.8, 4) is 0 Å². The lowest BCUT2D eigenvalue weighted by Crippen LogP contribution is -2.66. The van der Waals surface area contributed by atoms with Gasteiger partial charge in [-0.05, 0) is 0 Å². The molecular weight excluding hydrogens is 436 g/mol. The fourth-order valence-corrected chi connectivity index (χ4v) is 2.47. The molecule has 0 radical (unpaired) electrons. The molecule has 0 amide bonds. The molecule has 1 aliphatic heterocycles. The van der Waals surface area contributed by atoms with Crippen LogP contribution >= 0.6 is 0 Å². The second-order valence-electron chi connectivity index (χ2n) is 6.66. The maximum Gasteiger partial charge on any atom is 0.421 e. The maximum absolute atomic E-state index is 11.8. The minimum Gasteiger partial charge on any atom is -0.394 e. The van der Waals surface area contributed by atoms with Crippen LogP contribution in [0.25, 0.3) is 0 Å². The van der Waals surface area contributed by atoms with Crippen LogP contribution in [0, 0.1) is 0 Å². The van der Waals surface area contributed by atoms with Gasteiger partial charge in [0, 0.05) is 6.42 Å². The molecule has 16 heteroatoms. The Morgan fingerprint density at radius 2 is 1.52 bits per heavy atom. The zero-order valence-corrected chi connectivity index (χ0v) is 15.7. The van der Waals surface area contributed by atoms with Gasteiger partial charge in [0.05, 0.1) is 19.3 Å². The first-order chi connectivity index (χ1) is 14.3. The van der Waals surface area contributed by atoms with Crippen molar-refractivity contribution in [2.24, 2.45) is 0 Å². The third kappa shape index (κ3) is 6.34. The Hall–Kier alpha value is -1.83. The highest BCUT2D eigenvalue weighted by Crippen LogP contribution is 2.29. The van der Waals surface area contributed by atoms with E-state index in [1.165, 1.54) is 0 Å². The molecule has 180 valence electrons. The Labute approximate surface area is 173 Å². The van der Waals surface area contributed by atoms with E-state index >= 15 is 0 Å². The number of aliphatic hydroxyl groups is 10. The van der Waals surface area contributed by atoms with Gasteiger partial charge >= 0.3 is 11.9 Å². The number of ether oxygens (including phenoxy) is 1. The van der Waals surface area contributed by atoms with Crippen molar-refractivity contribution < 1.29 is 80.0 Å². The fourth-order valence-electron chi connectivity index (χ4n) is 2.47. The van der Waals surface area contributed by atoms with Gasteiger partial charge in [-0.15, -0.1) is 0 Å². The van der Waals surface area contributed by atoms with E-state index in [0.717, 1.165) is 0 Å². The van der Waals surface area contributed by atoms with E-state index in [-0.39, 0.29) is 0 Å². The number of carbonyl (C=O) groups excluding carboxylic acids is 3. The maximum atomic E-state index is 11.8. The number of hydrogen-bond acceptors (Lipinski definition) is 16. The molecule has 0 saturated carbocycles. The zero-order chi connectivity index (χ0) is 24.1. The van der Waals surface area contributed by atoms with Gasteiger partial charge in [0.15, 0.2) is 6.10 Å². The van der Waals surface area contributed by atoms with Crippen LogP contribution in [0.2, 0.25) is 0 Å². The Morgan fingerprint density at radius 3 is 2.03 bits per heavy atom. The van der Waals surface area contributed by atoms with Crippen molar-refractivity contribution >= 4 is 17.7 Å². The topological polar surface area (TPSA) is 281 Å². The summed E-state index contributed by atoms with van der Waals surface area (Å²) in [6, 6.07) is 0. The Morgan fingerprint density at radius 1 is 0.935 bits per heavy atom. The van der Waals surface area contributed by atoms with Gasteiger partial charge in [-0.2, -0.15) is 0 Å². The monoisotopic (exact) mass is 460 g/mol. The smallest absolute Gasteiger partial charge is 0.394 e. The van der Waals surface area contributed by atoms with Crippen LogP contribution in [0.3, 0.4) is 0 Å². The van der Waals surface area contributed by atoms with E-state index in [0.29, 0.717) is 0 Å². The van der Waals surface area contributed by atoms with Crippen molar-refractivity contribution in [2.45, 2.75) is 61.0 Å². The summed E-state index contributed by atoms with van der Waals surface area (Å²) >= 11 is 0. The SMILES string of the molecule is O=C(CC1O[C@@](O)(CO)[C@@H](O)[C@H](O)[C@@H]1O)C(=O)OOC(=O)C(O)C(O)C(O)C(O)CO. The minimum atomic E-state index is -2.76. The van der Waals surface area contributed by atoms with Crippen molar-refractivity contribution in [3.63, 3.8) is 0 Å². The molecule has 0 aromatic rings. The van der Waals surface area contributed by atoms with Crippen LogP contribution in [0.15, 0.2) is 0 Å². The molecular formula is C15H24O16. The summed E-state index contributed by atoms with van der Waals surface area (Å²) in [6.07, 6.45) is -18.2. The van der Waals surface area contributed by atoms with Gasteiger partial charge in [0.1, 0.15) is 36.6 Å². The van der Waals surface area contributed by atoms with Crippen molar-refractivity contribution in [1.82, 2.24) is 0 Å². The van der Waals surface area contributed by atoms with Gasteiger partial charge in [-0.3, -0.25) is 4.79 Å². The lowest BCUT2D eigenvalue weighted by molar-refractivity contribution is -0.354. The van der Waals surface area contributed by atoms with Crippen LogP contribution in [-0.2, 0) is 28.9 Å². The fraction of sp³-hybridized carbons (Fsp3) is 0.800. The van der Waals surface area contributed by atoms with Crippen molar-refractivity contribution in [1.29, 1.82) is 0 Å². The van der Waals surface area contributed by atoms with E-state index in [1.54, 1.807) is 0 Å². The normalized spacial score (nSPS) is 32.5. The molecule has 1 rings (SSSR count). The lowest BCUT2D eigenvalue weighted by Gasteiger charge is -2.44. The molecule has 1 fully saturated rings. The highest BCUT2D eigenvalue weighted by Gasteiger charge is 2.53. The van der Waals surface area contributed by atoms with Gasteiger partial charge in [-0.1, -0.05) is 0 Å². The minimum absolute atomic E-state index is 1.03. The summed E-state index contributed by atoms with van der Waals surface area (Å²) in [7, 11) is 0. The number of ketones is 1. The molecule has 9 atom stereocenters. The number of aliphatic hydroxyl groups excluding tert-OH is 9. The predicted octanol–water partition coefficient (Wildman–Crippen LogP) is -7.45. The third-order valence-corrected chi connectivity index (χ3v) is 4.41. The summed E-state index contributed by atoms with van der Waals surface area (Å²) in [6.45, 7) is -2.28. The standard InChI is InChI=1S/C15H24O16/c16-2-5(19)7(20)9(22)11(24)14(27)31-30-13(26)4(18)1-6-8(21)10(23)12(25)15(28,3-17)29-6/h5-12,16-17,19-25,28H,1-3H2/t5?,6?,7?,8-,9?,10-,11?,12+,15+/m1/s1. The molecule has 10 N–H and O–H groups in total. The zero-order valence-electron chi connectivity index (χ0n) is 15.7. The second-order valence-corrected chi connectivity index (χ2v) is 6.66. The molecule has 0 bridgehead atoms. The van der Waals surface area contributed by atoms with Crippen LogP contribution in [0.5, 0.6) is 0 Å². The van der Waals surface area contributed by atoms with Crippen LogP contribution in [0.4, 0.5) is 0 Å². The highest BCUT2D eigenvalue weighted by atomic mass is 17.2. The lowest BCUT2D eigenvalue weighted by atomic mass is 9.90. The third-order valence-electron chi connectivity index (χ3n) is 4.41. The Bertz CT molecular complexity index is 641. The Balaban J connectivity index is 2.64. The van der Waals surface area contributed by atoms with E-state index in [2.05, 4.69) is 9.78 Å². The molecule has 31 heavy (non-hydrogen) atoms. The summed E-state index contributed by atoms with van der Waals surface area (Å²) in [5.74, 6) is -8.08. The molecule has 1 heterocycles. The first-order valence-corrected chi connectivity index (χ1v) is 8.64. The predicted molar refractivity (Wildman–Crippen MR) is 87.8 cm³/mol. The summed E-state index contributed by atoms with van der Waals surface area (Å²) in [4.78, 5) is 42.6. The second kappa shape index (κ2) is 11.2. The van der Waals surface area contributed by atoms with Gasteiger partial charge in [0.2, 0.25) is 11.6 Å². The van der Waals surface area contributed by atoms with Gasteiger partial charge in [0.25, 0.3) is 0 Å². The summed E-state index contributed by atoms with van der Waals surface area (Å²) < 4.78 is 4.76. The average Bonchev–Trinajstić information content (AvgIpc) is 2.76. The molecule has 0 aliphatic carbocycles. The number of hydrogen-bond donors (Lipinski definition) is 10. The molecule has 0 aromatic heterocycles. The molecule has 5 unspecified atom stereocenters. The van der Waals surface area contributed by atoms with Gasteiger partial charge in [-0.25, -0.2) is 19.4 Å². The molecule has 0 spiro atoms. The van der Waals surface area contributed by atoms with Crippen LogP contribution in [0.1, 0.15) is 6.42 Å². The van der Waals surface area contributed by atoms with E-state index in [4.69, 9.17) is 20.1 Å². The number of Topliss-reactive ketones (excluding diaryl/α,β-unsaturated/α-hetero) is 1. The van der Waals surface area contributed by atoms with Crippen molar-refractivity contribution in [2.75, 3.05) is 13.2 Å². The van der Waals surface area contributed by atoms with E-state index in [9.17, 15) is 50.1 Å². The summed E-state index contributed by atoms with van der Waals surface area (Å²) in [5.41, 5.74) is 0. The van der Waals surface area contributed by atoms with Crippen LogP contribution in [-0.4, -0.2) is 137 Å². The first-order valence-electron chi connectivity index (χ1n) is 8.64. The quantitative estimate of drug-likeness (QED) is 0.0868. The molecule has 0 aromatic carbocycles. The van der Waals surface area contributed by atoms with E-state index < -0.39 is 92.0 Å². The average molecular weight is 460 g/mol. The number of rotatable bonds is 9. The molecule has 1 aliphatic rings. The highest BCUT2D eigenvalue weighted by molar-refractivity contribution is 6.33.